The smallest absolute Gasteiger partial charge is 0.308 e. The maximum absolute atomic E-state index is 13.8. The minimum atomic E-state index is -0.925. The molecule has 4 heterocycles. The van der Waals surface area contributed by atoms with Crippen molar-refractivity contribution in [1.82, 2.24) is 19.6 Å². The minimum absolute atomic E-state index is 0.0865. The minimum Gasteiger partial charge on any atom is -0.469 e. The number of aryl methyl sites for hydroxylation is 1. The Morgan fingerprint density at radius 2 is 2.14 bits per heavy atom. The van der Waals surface area contributed by atoms with E-state index in [4.69, 9.17) is 21.9 Å². The van der Waals surface area contributed by atoms with Crippen LogP contribution >= 0.6 is 24.0 Å². The fraction of sp³-hybridized carbons (Fsp3) is 0.417. The molecule has 2 fully saturated rings. The average molecular weight is 530 g/mol. The number of anilines is 1. The van der Waals surface area contributed by atoms with E-state index in [1.807, 2.05) is 26.8 Å². The molecule has 0 bridgehead atoms. The molecule has 2 amide bonds. The lowest BCUT2D eigenvalue weighted by molar-refractivity contribution is -0.143. The molecule has 10 nitrogen and oxygen atoms in total. The number of thioether (sulfide) groups is 1. The summed E-state index contributed by atoms with van der Waals surface area (Å²) in [7, 11) is 1.25. The summed E-state index contributed by atoms with van der Waals surface area (Å²) in [5.41, 5.74) is 0.934. The average Bonchev–Trinajstić information content (AvgIpc) is 3.14. The summed E-state index contributed by atoms with van der Waals surface area (Å²) in [6, 6.07) is 2.56. The second-order valence-electron chi connectivity index (χ2n) is 8.63. The number of thiocarbonyl (C=S) groups is 1. The van der Waals surface area contributed by atoms with E-state index < -0.39 is 17.6 Å². The Bertz CT molecular complexity index is 1350. The summed E-state index contributed by atoms with van der Waals surface area (Å²) in [4.78, 5) is 60.1. The third-order valence-corrected chi connectivity index (χ3v) is 7.72. The van der Waals surface area contributed by atoms with E-state index in [0.717, 1.165) is 23.7 Å². The molecule has 2 aromatic heterocycles. The molecular formula is C24H27N5O5S2. The molecule has 190 valence electrons. The Labute approximate surface area is 217 Å². The lowest BCUT2D eigenvalue weighted by Crippen LogP contribution is -2.57. The topological polar surface area (TPSA) is 113 Å². The van der Waals surface area contributed by atoms with Crippen molar-refractivity contribution in [3.8, 4) is 0 Å². The normalized spacial score (nSPS) is 20.3. The van der Waals surface area contributed by atoms with Gasteiger partial charge in [0.25, 0.3) is 11.5 Å². The number of amides is 2. The van der Waals surface area contributed by atoms with Crippen molar-refractivity contribution in [2.75, 3.05) is 25.1 Å². The molecule has 12 heteroatoms. The van der Waals surface area contributed by atoms with Crippen LogP contribution in [0.5, 0.6) is 0 Å². The van der Waals surface area contributed by atoms with Crippen LogP contribution in [0.3, 0.4) is 0 Å². The van der Waals surface area contributed by atoms with Gasteiger partial charge in [-0.3, -0.25) is 28.5 Å². The SMILES string of the molecule is CC[C@@H](C)N1C(=O)/C(=C/c2c(N3CCNC(=O)[C@@H]3CC(=O)OC)nc3c(C)cccn3c2=O)SC1=S. The first-order valence-corrected chi connectivity index (χ1v) is 12.8. The van der Waals surface area contributed by atoms with Gasteiger partial charge in [0, 0.05) is 25.3 Å². The highest BCUT2D eigenvalue weighted by atomic mass is 32.2. The number of methoxy groups -OCH3 is 1. The Morgan fingerprint density at radius 3 is 2.83 bits per heavy atom. The van der Waals surface area contributed by atoms with Crippen LogP contribution in [0.2, 0.25) is 0 Å². The van der Waals surface area contributed by atoms with Crippen molar-refractivity contribution in [2.45, 2.75) is 45.7 Å². The van der Waals surface area contributed by atoms with Gasteiger partial charge in [0.2, 0.25) is 5.91 Å². The highest BCUT2D eigenvalue weighted by Gasteiger charge is 2.37. The molecule has 0 aromatic carbocycles. The van der Waals surface area contributed by atoms with Gasteiger partial charge < -0.3 is 15.0 Å². The summed E-state index contributed by atoms with van der Waals surface area (Å²) < 4.78 is 6.64. The monoisotopic (exact) mass is 529 g/mol. The first kappa shape index (κ1) is 25.8. The van der Waals surface area contributed by atoms with E-state index in [2.05, 4.69) is 5.32 Å². The number of carbonyl (C=O) groups excluding carboxylic acids is 3. The van der Waals surface area contributed by atoms with Gasteiger partial charge in [-0.25, -0.2) is 4.98 Å². The number of esters is 1. The quantitative estimate of drug-likeness (QED) is 0.340. The zero-order valence-electron chi connectivity index (χ0n) is 20.4. The van der Waals surface area contributed by atoms with Crippen molar-refractivity contribution < 1.29 is 19.1 Å². The number of ether oxygens (including phenoxy) is 1. The fourth-order valence-electron chi connectivity index (χ4n) is 4.23. The second-order valence-corrected chi connectivity index (χ2v) is 10.3. The maximum atomic E-state index is 13.8. The van der Waals surface area contributed by atoms with Crippen LogP contribution in [0.25, 0.3) is 11.7 Å². The third kappa shape index (κ3) is 4.62. The molecule has 2 aromatic rings. The molecule has 0 saturated carbocycles. The number of aromatic nitrogens is 2. The van der Waals surface area contributed by atoms with Crippen molar-refractivity contribution in [1.29, 1.82) is 0 Å². The maximum Gasteiger partial charge on any atom is 0.308 e. The molecule has 0 aliphatic carbocycles. The molecule has 2 saturated heterocycles. The molecule has 2 aliphatic rings. The predicted octanol–water partition coefficient (Wildman–Crippen LogP) is 1.87. The Balaban J connectivity index is 1.92. The van der Waals surface area contributed by atoms with Crippen LogP contribution in [0.15, 0.2) is 28.0 Å². The summed E-state index contributed by atoms with van der Waals surface area (Å²) in [6.45, 7) is 6.34. The van der Waals surface area contributed by atoms with Gasteiger partial charge in [0.1, 0.15) is 21.8 Å². The van der Waals surface area contributed by atoms with Crippen LogP contribution in [0.1, 0.15) is 37.8 Å². The van der Waals surface area contributed by atoms with Crippen LogP contribution in [-0.4, -0.2) is 68.7 Å². The summed E-state index contributed by atoms with van der Waals surface area (Å²) in [6.07, 6.45) is 3.62. The zero-order valence-corrected chi connectivity index (χ0v) is 22.1. The second kappa shape index (κ2) is 10.4. The van der Waals surface area contributed by atoms with Crippen molar-refractivity contribution in [2.24, 2.45) is 0 Å². The number of hydrogen-bond donors (Lipinski definition) is 1. The Kier molecular flexibility index (Phi) is 7.46. The van der Waals surface area contributed by atoms with Gasteiger partial charge in [0.15, 0.2) is 0 Å². The number of pyridine rings is 1. The first-order valence-electron chi connectivity index (χ1n) is 11.6. The molecule has 0 unspecified atom stereocenters. The molecule has 2 atom stereocenters. The number of fused-ring (bicyclic) bond motifs is 1. The van der Waals surface area contributed by atoms with Gasteiger partial charge in [-0.05, 0) is 38.0 Å². The van der Waals surface area contributed by atoms with Crippen LogP contribution < -0.4 is 15.8 Å². The summed E-state index contributed by atoms with van der Waals surface area (Å²) in [5, 5.41) is 2.76. The lowest BCUT2D eigenvalue weighted by atomic mass is 10.1. The van der Waals surface area contributed by atoms with Gasteiger partial charge in [-0.2, -0.15) is 0 Å². The molecule has 1 N–H and O–H groups in total. The van der Waals surface area contributed by atoms with E-state index in [0.29, 0.717) is 28.0 Å². The van der Waals surface area contributed by atoms with Crippen LogP contribution in [-0.2, 0) is 19.1 Å². The number of hydrogen-bond acceptors (Lipinski definition) is 9. The lowest BCUT2D eigenvalue weighted by Gasteiger charge is -2.36. The molecular weight excluding hydrogens is 502 g/mol. The molecule has 36 heavy (non-hydrogen) atoms. The van der Waals surface area contributed by atoms with E-state index in [9.17, 15) is 19.2 Å². The largest absolute Gasteiger partial charge is 0.469 e. The van der Waals surface area contributed by atoms with E-state index in [1.54, 1.807) is 22.1 Å². The van der Waals surface area contributed by atoms with Crippen molar-refractivity contribution in [3.63, 3.8) is 0 Å². The third-order valence-electron chi connectivity index (χ3n) is 6.39. The standard InChI is InChI=1S/C24H27N5O5S2/c1-5-14(3)29-23(33)17(36-24(29)35)11-15-20(26-19-13(2)7-6-9-28(19)22(15)32)27-10-8-25-21(31)16(27)12-18(30)34-4/h6-7,9,11,14,16H,5,8,10,12H2,1-4H3,(H,25,31)/b17-11-/t14-,16+/m1/s1. The number of rotatable bonds is 6. The van der Waals surface area contributed by atoms with Crippen molar-refractivity contribution in [3.05, 3.63) is 44.7 Å². The number of piperazine rings is 1. The van der Waals surface area contributed by atoms with Crippen molar-refractivity contribution >= 4 is 63.6 Å². The van der Waals surface area contributed by atoms with E-state index in [1.165, 1.54) is 17.6 Å². The number of nitrogens with one attached hydrogen (secondary N) is 1. The molecule has 0 radical (unpaired) electrons. The van der Waals surface area contributed by atoms with Gasteiger partial charge in [-0.15, -0.1) is 0 Å². The highest BCUT2D eigenvalue weighted by Crippen LogP contribution is 2.35. The highest BCUT2D eigenvalue weighted by molar-refractivity contribution is 8.26. The van der Waals surface area contributed by atoms with Crippen LogP contribution in [0, 0.1) is 6.92 Å². The Morgan fingerprint density at radius 1 is 1.39 bits per heavy atom. The number of carbonyl (C=O) groups is 3. The predicted molar refractivity (Wildman–Crippen MR) is 142 cm³/mol. The zero-order chi connectivity index (χ0) is 26.1. The Hall–Kier alpha value is -3.25. The van der Waals surface area contributed by atoms with E-state index in [-0.39, 0.29) is 35.7 Å². The first-order chi connectivity index (χ1) is 17.2. The summed E-state index contributed by atoms with van der Waals surface area (Å²) >= 11 is 6.58. The molecule has 4 rings (SSSR count). The fourth-order valence-corrected chi connectivity index (χ4v) is 5.68. The van der Waals surface area contributed by atoms with Gasteiger partial charge >= 0.3 is 5.97 Å². The van der Waals surface area contributed by atoms with Gasteiger partial charge in [-0.1, -0.05) is 37.0 Å². The van der Waals surface area contributed by atoms with Gasteiger partial charge in [0.05, 0.1) is 24.0 Å². The molecule has 0 spiro atoms. The van der Waals surface area contributed by atoms with Crippen LogP contribution in [0.4, 0.5) is 5.82 Å². The summed E-state index contributed by atoms with van der Waals surface area (Å²) in [5.74, 6) is -0.979. The number of nitrogens with zero attached hydrogens (tertiary/aromatic N) is 4. The van der Waals surface area contributed by atoms with E-state index >= 15 is 0 Å². The molecule has 2 aliphatic heterocycles.